The minimum atomic E-state index is -0.987. The summed E-state index contributed by atoms with van der Waals surface area (Å²) in [5, 5.41) is 16.6. The van der Waals surface area contributed by atoms with Crippen molar-refractivity contribution in [1.29, 1.82) is 0 Å². The fraction of sp³-hybridized carbons (Fsp3) is 0.211. The van der Waals surface area contributed by atoms with Crippen LogP contribution in [-0.4, -0.2) is 36.1 Å². The fourth-order valence-electron chi connectivity index (χ4n) is 3.20. The molecule has 1 atom stereocenters. The van der Waals surface area contributed by atoms with Crippen LogP contribution in [0.4, 0.5) is 14.5 Å². The number of anilines is 1. The third-order valence-electron chi connectivity index (χ3n) is 4.57. The summed E-state index contributed by atoms with van der Waals surface area (Å²) in [4.78, 5) is 17.1. The normalized spacial score (nSPS) is 12.4. The van der Waals surface area contributed by atoms with Crippen LogP contribution in [0.2, 0.25) is 0 Å². The van der Waals surface area contributed by atoms with E-state index in [9.17, 15) is 13.6 Å². The molecule has 4 aromatic rings. The van der Waals surface area contributed by atoms with E-state index in [0.717, 1.165) is 17.7 Å². The van der Waals surface area contributed by atoms with Gasteiger partial charge in [0.05, 0.1) is 17.4 Å². The van der Waals surface area contributed by atoms with Crippen molar-refractivity contribution in [3.8, 4) is 11.4 Å². The van der Waals surface area contributed by atoms with Crippen molar-refractivity contribution >= 4 is 22.6 Å². The van der Waals surface area contributed by atoms with Crippen LogP contribution in [0.1, 0.15) is 19.9 Å². The van der Waals surface area contributed by atoms with Gasteiger partial charge in [-0.15, -0.1) is 10.2 Å². The Balaban J connectivity index is 1.61. The number of nitrogens with one attached hydrogen (secondary N) is 2. The van der Waals surface area contributed by atoms with Gasteiger partial charge < -0.3 is 9.88 Å². The molecule has 1 amide bonds. The summed E-state index contributed by atoms with van der Waals surface area (Å²) in [5.41, 5.74) is 1.96. The molecule has 0 saturated carbocycles. The maximum atomic E-state index is 13.7. The zero-order valence-corrected chi connectivity index (χ0v) is 15.6. The topological polar surface area (TPSA) is 101 Å². The summed E-state index contributed by atoms with van der Waals surface area (Å²) < 4.78 is 28.8. The number of rotatable bonds is 5. The maximum Gasteiger partial charge on any atom is 0.247 e. The highest BCUT2D eigenvalue weighted by atomic mass is 19.2. The quantitative estimate of drug-likeness (QED) is 0.538. The van der Waals surface area contributed by atoms with Gasteiger partial charge in [-0.25, -0.2) is 13.8 Å². The summed E-state index contributed by atoms with van der Waals surface area (Å²) in [6, 6.07) is 8.38. The molecule has 0 fully saturated rings. The van der Waals surface area contributed by atoms with Gasteiger partial charge in [0.25, 0.3) is 0 Å². The minimum Gasteiger partial charge on any atom is -0.324 e. The lowest BCUT2D eigenvalue weighted by Crippen LogP contribution is -2.29. The molecule has 2 N–H and O–H groups in total. The van der Waals surface area contributed by atoms with E-state index < -0.39 is 17.7 Å². The zero-order valence-electron chi connectivity index (χ0n) is 15.6. The number of hydrogen-bond donors (Lipinski definition) is 2. The second-order valence-corrected chi connectivity index (χ2v) is 6.90. The first-order valence-electron chi connectivity index (χ1n) is 8.90. The molecule has 8 nitrogen and oxygen atoms in total. The van der Waals surface area contributed by atoms with Crippen molar-refractivity contribution in [2.24, 2.45) is 5.92 Å². The van der Waals surface area contributed by atoms with Crippen LogP contribution in [0, 0.1) is 17.6 Å². The van der Waals surface area contributed by atoms with Crippen molar-refractivity contribution in [3.63, 3.8) is 0 Å². The van der Waals surface area contributed by atoms with E-state index in [1.807, 2.05) is 13.8 Å². The molecule has 0 aliphatic heterocycles. The summed E-state index contributed by atoms with van der Waals surface area (Å²) >= 11 is 0. The van der Waals surface area contributed by atoms with Crippen molar-refractivity contribution in [1.82, 2.24) is 30.2 Å². The Labute approximate surface area is 164 Å². The Bertz CT molecular complexity index is 1150. The van der Waals surface area contributed by atoms with Crippen LogP contribution in [0.5, 0.6) is 0 Å². The Morgan fingerprint density at radius 3 is 2.52 bits per heavy atom. The third kappa shape index (κ3) is 3.56. The lowest BCUT2D eigenvalue weighted by Gasteiger charge is -2.22. The molecule has 29 heavy (non-hydrogen) atoms. The first-order valence-corrected chi connectivity index (χ1v) is 8.90. The van der Waals surface area contributed by atoms with Crippen LogP contribution in [-0.2, 0) is 4.79 Å². The van der Waals surface area contributed by atoms with Gasteiger partial charge in [-0.1, -0.05) is 13.8 Å². The number of imidazole rings is 1. The molecule has 2 aromatic heterocycles. The molecule has 2 heterocycles. The monoisotopic (exact) mass is 397 g/mol. The number of aromatic nitrogens is 6. The lowest BCUT2D eigenvalue weighted by molar-refractivity contribution is -0.120. The predicted octanol–water partition coefficient (Wildman–Crippen LogP) is 3.33. The Morgan fingerprint density at radius 1 is 1.14 bits per heavy atom. The average molecular weight is 397 g/mol. The Hall–Kier alpha value is -3.69. The number of benzene rings is 2. The second-order valence-electron chi connectivity index (χ2n) is 6.90. The smallest absolute Gasteiger partial charge is 0.247 e. The lowest BCUT2D eigenvalue weighted by atomic mass is 10.0. The molecule has 148 valence electrons. The molecular formula is C19H17F2N7O. The third-order valence-corrected chi connectivity index (χ3v) is 4.57. The van der Waals surface area contributed by atoms with Gasteiger partial charge in [0, 0.05) is 23.4 Å². The highest BCUT2D eigenvalue weighted by Gasteiger charge is 2.26. The highest BCUT2D eigenvalue weighted by Crippen LogP contribution is 2.27. The van der Waals surface area contributed by atoms with E-state index in [0.29, 0.717) is 17.0 Å². The molecule has 2 aromatic carbocycles. The van der Waals surface area contributed by atoms with E-state index in [-0.39, 0.29) is 17.3 Å². The van der Waals surface area contributed by atoms with E-state index in [1.165, 1.54) is 6.33 Å². The van der Waals surface area contributed by atoms with Crippen molar-refractivity contribution in [2.75, 3.05) is 5.32 Å². The SMILES string of the molecule is CC(C)C(C(=O)Nc1ccc(-c2nn[nH]n2)cc1)n1cnc2cc(F)c(F)cc21. The highest BCUT2D eigenvalue weighted by molar-refractivity contribution is 5.95. The van der Waals surface area contributed by atoms with E-state index in [4.69, 9.17) is 0 Å². The number of halogens is 2. The summed E-state index contributed by atoms with van der Waals surface area (Å²) in [6.07, 6.45) is 1.42. The Kier molecular flexibility index (Phi) is 4.75. The van der Waals surface area contributed by atoms with Crippen LogP contribution < -0.4 is 5.32 Å². The number of amides is 1. The van der Waals surface area contributed by atoms with Gasteiger partial charge in [0.2, 0.25) is 11.7 Å². The number of nitrogens with zero attached hydrogens (tertiary/aromatic N) is 5. The van der Waals surface area contributed by atoms with Gasteiger partial charge in [-0.05, 0) is 35.4 Å². The van der Waals surface area contributed by atoms with Crippen molar-refractivity contribution in [3.05, 3.63) is 54.4 Å². The Morgan fingerprint density at radius 2 is 1.86 bits per heavy atom. The summed E-state index contributed by atoms with van der Waals surface area (Å²) in [5.74, 6) is -1.94. The van der Waals surface area contributed by atoms with Gasteiger partial charge in [-0.2, -0.15) is 5.21 Å². The van der Waals surface area contributed by atoms with Gasteiger partial charge in [0.1, 0.15) is 6.04 Å². The average Bonchev–Trinajstić information content (AvgIpc) is 3.34. The molecule has 4 rings (SSSR count). The van der Waals surface area contributed by atoms with E-state index >= 15 is 0 Å². The molecule has 1 unspecified atom stereocenters. The molecule has 0 radical (unpaired) electrons. The van der Waals surface area contributed by atoms with Gasteiger partial charge in [-0.3, -0.25) is 4.79 Å². The minimum absolute atomic E-state index is 0.126. The molecule has 0 saturated heterocycles. The number of H-pyrrole nitrogens is 1. The number of carbonyl (C=O) groups excluding carboxylic acids is 1. The predicted molar refractivity (Wildman–Crippen MR) is 102 cm³/mol. The molecule has 10 heteroatoms. The molecule has 0 aliphatic rings. The number of fused-ring (bicyclic) bond motifs is 1. The molecular weight excluding hydrogens is 380 g/mol. The largest absolute Gasteiger partial charge is 0.324 e. The standard InChI is InChI=1S/C19H17F2N7O/c1-10(2)17(28-9-22-15-7-13(20)14(21)8-16(15)28)19(29)23-12-5-3-11(4-6-12)18-24-26-27-25-18/h3-10,17H,1-2H3,(H,23,29)(H,24,25,26,27). The molecule has 0 aliphatic carbocycles. The van der Waals surface area contributed by atoms with Gasteiger partial charge >= 0.3 is 0 Å². The van der Waals surface area contributed by atoms with Crippen LogP contribution in [0.3, 0.4) is 0 Å². The summed E-state index contributed by atoms with van der Waals surface area (Å²) in [7, 11) is 0. The first kappa shape index (κ1) is 18.7. The number of hydrogen-bond acceptors (Lipinski definition) is 5. The number of carbonyl (C=O) groups is 1. The molecule has 0 spiro atoms. The molecule has 0 bridgehead atoms. The zero-order chi connectivity index (χ0) is 20.5. The van der Waals surface area contributed by atoms with Crippen LogP contribution in [0.15, 0.2) is 42.7 Å². The van der Waals surface area contributed by atoms with Crippen LogP contribution in [0.25, 0.3) is 22.4 Å². The first-order chi connectivity index (χ1) is 13.9. The number of aromatic amines is 1. The number of tetrazole rings is 1. The van der Waals surface area contributed by atoms with Gasteiger partial charge in [0.15, 0.2) is 11.6 Å². The van der Waals surface area contributed by atoms with Crippen molar-refractivity contribution < 1.29 is 13.6 Å². The maximum absolute atomic E-state index is 13.7. The van der Waals surface area contributed by atoms with Crippen LogP contribution >= 0.6 is 0 Å². The second kappa shape index (κ2) is 7.38. The fourth-order valence-corrected chi connectivity index (χ4v) is 3.20. The van der Waals surface area contributed by atoms with E-state index in [1.54, 1.807) is 28.8 Å². The van der Waals surface area contributed by atoms with Crippen molar-refractivity contribution in [2.45, 2.75) is 19.9 Å². The van der Waals surface area contributed by atoms with E-state index in [2.05, 4.69) is 30.9 Å². The summed E-state index contributed by atoms with van der Waals surface area (Å²) in [6.45, 7) is 3.74.